The van der Waals surface area contributed by atoms with Gasteiger partial charge in [-0.15, -0.1) is 6.58 Å². The second kappa shape index (κ2) is 15.5. The van der Waals surface area contributed by atoms with Gasteiger partial charge in [0.05, 0.1) is 0 Å². The zero-order chi connectivity index (χ0) is 12.6. The van der Waals surface area contributed by atoms with E-state index in [2.05, 4.69) is 25.7 Å². The molecule has 0 atom stereocenters. The molecule has 0 rings (SSSR count). The Labute approximate surface area is 109 Å². The minimum Gasteiger partial charge on any atom is -0.103 e. The molecule has 0 aromatic rings. The van der Waals surface area contributed by atoms with E-state index in [9.17, 15) is 0 Å². The predicted molar refractivity (Wildman–Crippen MR) is 80.1 cm³/mol. The maximum absolute atomic E-state index is 3.79. The van der Waals surface area contributed by atoms with Crippen LogP contribution >= 0.6 is 0 Å². The van der Waals surface area contributed by atoms with Crippen molar-refractivity contribution in [2.75, 3.05) is 0 Å². The third-order valence-electron chi connectivity index (χ3n) is 3.11. The van der Waals surface area contributed by atoms with Gasteiger partial charge in [0.1, 0.15) is 0 Å². The smallest absolute Gasteiger partial charge is 0.0351 e. The molecule has 0 aromatic carbocycles. The Morgan fingerprint density at radius 1 is 0.588 bits per heavy atom. The summed E-state index contributed by atoms with van der Waals surface area (Å²) in [7, 11) is 0. The largest absolute Gasteiger partial charge is 0.103 e. The molecule has 0 saturated carbocycles. The van der Waals surface area contributed by atoms with Gasteiger partial charge in [-0.1, -0.05) is 63.2 Å². The van der Waals surface area contributed by atoms with Gasteiger partial charge < -0.3 is 0 Å². The van der Waals surface area contributed by atoms with Gasteiger partial charge in [0.2, 0.25) is 0 Å². The van der Waals surface area contributed by atoms with Crippen LogP contribution in [-0.2, 0) is 0 Å². The van der Waals surface area contributed by atoms with Gasteiger partial charge in [-0.05, 0) is 39.0 Å². The van der Waals surface area contributed by atoms with Gasteiger partial charge in [-0.3, -0.25) is 0 Å². The minimum absolute atomic E-state index is 0.936. The zero-order valence-electron chi connectivity index (χ0n) is 11.6. The maximum atomic E-state index is 3.79. The molecule has 0 unspecified atom stereocenters. The second-order valence-corrected chi connectivity index (χ2v) is 4.81. The van der Waals surface area contributed by atoms with Crippen molar-refractivity contribution in [3.05, 3.63) is 31.7 Å². The zero-order valence-corrected chi connectivity index (χ0v) is 11.6. The lowest BCUT2D eigenvalue weighted by molar-refractivity contribution is 0.561. The molecule has 0 aliphatic heterocycles. The fraction of sp³-hybridized carbons (Fsp3) is 0.706. The summed E-state index contributed by atoms with van der Waals surface area (Å²) in [6.07, 6.45) is 22.5. The normalized spacial score (nSPS) is 11.1. The van der Waals surface area contributed by atoms with E-state index < -0.39 is 0 Å². The predicted octanol–water partition coefficient (Wildman–Crippen LogP) is 6.24. The first-order valence-corrected chi connectivity index (χ1v) is 7.47. The Bertz CT molecular complexity index is 167. The molecule has 0 bridgehead atoms. The average molecular weight is 235 g/mol. The molecule has 0 fully saturated rings. The Morgan fingerprint density at radius 3 is 1.53 bits per heavy atom. The molecule has 0 heterocycles. The molecule has 0 aliphatic carbocycles. The maximum Gasteiger partial charge on any atom is -0.0351 e. The molecule has 0 saturated heterocycles. The van der Waals surface area contributed by atoms with Gasteiger partial charge in [0.25, 0.3) is 0 Å². The van der Waals surface area contributed by atoms with Crippen molar-refractivity contribution in [2.24, 2.45) is 0 Å². The fourth-order valence-electron chi connectivity index (χ4n) is 2.02. The summed E-state index contributed by atoms with van der Waals surface area (Å²) in [6, 6.07) is 0. The standard InChI is InChI=1S/C17H31/c1-3-5-7-9-11-13-15-17-16-14-12-10-8-6-4-2/h3,6,8H,1-2,4-5,7,9-17H2/b8-6+. The number of rotatable bonds is 13. The molecular formula is C17H31. The first kappa shape index (κ1) is 16.5. The van der Waals surface area contributed by atoms with Crippen LogP contribution in [0.1, 0.15) is 77.0 Å². The highest BCUT2D eigenvalue weighted by molar-refractivity contribution is 4.81. The van der Waals surface area contributed by atoms with Crippen molar-refractivity contribution in [3.8, 4) is 0 Å². The van der Waals surface area contributed by atoms with E-state index in [1.54, 1.807) is 0 Å². The average Bonchev–Trinajstić information content (AvgIpc) is 2.35. The molecule has 1 radical (unpaired) electrons. The van der Waals surface area contributed by atoms with E-state index >= 15 is 0 Å². The van der Waals surface area contributed by atoms with E-state index in [-0.39, 0.29) is 0 Å². The Balaban J connectivity index is 2.93. The van der Waals surface area contributed by atoms with Crippen LogP contribution in [0.3, 0.4) is 0 Å². The van der Waals surface area contributed by atoms with Crippen LogP contribution in [0.4, 0.5) is 0 Å². The van der Waals surface area contributed by atoms with Crippen LogP contribution < -0.4 is 0 Å². The lowest BCUT2D eigenvalue weighted by atomic mass is 10.1. The van der Waals surface area contributed by atoms with Crippen LogP contribution in [0, 0.1) is 6.92 Å². The summed E-state index contributed by atoms with van der Waals surface area (Å²) in [5.41, 5.74) is 0. The minimum atomic E-state index is 0.936. The van der Waals surface area contributed by atoms with E-state index in [1.807, 2.05) is 6.08 Å². The summed E-state index contributed by atoms with van der Waals surface area (Å²) in [4.78, 5) is 0. The van der Waals surface area contributed by atoms with Crippen LogP contribution in [0.5, 0.6) is 0 Å². The Kier molecular flexibility index (Phi) is 15.0. The summed E-state index contributed by atoms with van der Waals surface area (Å²) >= 11 is 0. The van der Waals surface area contributed by atoms with Crippen molar-refractivity contribution in [2.45, 2.75) is 77.0 Å². The molecule has 17 heavy (non-hydrogen) atoms. The van der Waals surface area contributed by atoms with Gasteiger partial charge >= 0.3 is 0 Å². The fourth-order valence-corrected chi connectivity index (χ4v) is 2.02. The van der Waals surface area contributed by atoms with Crippen molar-refractivity contribution in [3.63, 3.8) is 0 Å². The van der Waals surface area contributed by atoms with Gasteiger partial charge in [-0.25, -0.2) is 0 Å². The number of hydrogen-bond acceptors (Lipinski definition) is 0. The highest BCUT2D eigenvalue weighted by Gasteiger charge is 1.91. The molecule has 0 spiro atoms. The summed E-state index contributed by atoms with van der Waals surface area (Å²) in [5.74, 6) is 0. The Hall–Kier alpha value is -0.520. The molecule has 0 amide bonds. The second-order valence-electron chi connectivity index (χ2n) is 4.81. The van der Waals surface area contributed by atoms with Crippen LogP contribution in [0.25, 0.3) is 0 Å². The monoisotopic (exact) mass is 235 g/mol. The van der Waals surface area contributed by atoms with E-state index in [0.29, 0.717) is 0 Å². The summed E-state index contributed by atoms with van der Waals surface area (Å²) < 4.78 is 0. The molecule has 0 heteroatoms. The number of allylic oxidation sites excluding steroid dienone is 3. The topological polar surface area (TPSA) is 0 Å². The molecular weight excluding hydrogens is 204 g/mol. The van der Waals surface area contributed by atoms with Crippen molar-refractivity contribution in [1.29, 1.82) is 0 Å². The first-order valence-electron chi connectivity index (χ1n) is 7.47. The van der Waals surface area contributed by atoms with Crippen molar-refractivity contribution >= 4 is 0 Å². The van der Waals surface area contributed by atoms with Crippen molar-refractivity contribution < 1.29 is 0 Å². The highest BCUT2D eigenvalue weighted by Crippen LogP contribution is 2.11. The van der Waals surface area contributed by atoms with Gasteiger partial charge in [0.15, 0.2) is 0 Å². The lowest BCUT2D eigenvalue weighted by Gasteiger charge is -2.01. The molecule has 0 N–H and O–H groups in total. The number of unbranched alkanes of at least 4 members (excludes halogenated alkanes) is 10. The summed E-state index contributed by atoms with van der Waals surface area (Å²) in [6.45, 7) is 7.53. The third kappa shape index (κ3) is 15.5. The third-order valence-corrected chi connectivity index (χ3v) is 3.11. The Morgan fingerprint density at radius 2 is 1.06 bits per heavy atom. The quantitative estimate of drug-likeness (QED) is 0.262. The van der Waals surface area contributed by atoms with Crippen LogP contribution in [-0.4, -0.2) is 0 Å². The highest BCUT2D eigenvalue weighted by atomic mass is 14.0. The molecule has 0 aliphatic rings. The van der Waals surface area contributed by atoms with Crippen LogP contribution in [0.2, 0.25) is 0 Å². The van der Waals surface area contributed by atoms with Gasteiger partial charge in [-0.2, -0.15) is 0 Å². The molecule has 99 valence electrons. The lowest BCUT2D eigenvalue weighted by Crippen LogP contribution is -1.81. The van der Waals surface area contributed by atoms with E-state index in [4.69, 9.17) is 0 Å². The van der Waals surface area contributed by atoms with Gasteiger partial charge in [0, 0.05) is 0 Å². The first-order chi connectivity index (χ1) is 8.41. The molecule has 0 aromatic heterocycles. The van der Waals surface area contributed by atoms with Crippen molar-refractivity contribution in [1.82, 2.24) is 0 Å². The van der Waals surface area contributed by atoms with E-state index in [1.165, 1.54) is 70.6 Å². The van der Waals surface area contributed by atoms with Crippen LogP contribution in [0.15, 0.2) is 24.8 Å². The van der Waals surface area contributed by atoms with E-state index in [0.717, 1.165) is 6.42 Å². The SMILES string of the molecule is [CH2]C/C=C/CCCCCCCCCCCC=C. The number of hydrogen-bond donors (Lipinski definition) is 0. The molecule has 0 nitrogen and oxygen atoms in total. The summed E-state index contributed by atoms with van der Waals surface area (Å²) in [5, 5.41) is 0.